The summed E-state index contributed by atoms with van der Waals surface area (Å²) in [7, 11) is 3.24. The highest BCUT2D eigenvalue weighted by Gasteiger charge is 2.11. The average molecular weight is 374 g/mol. The van der Waals surface area contributed by atoms with Gasteiger partial charge in [0.2, 0.25) is 5.13 Å². The zero-order valence-electron chi connectivity index (χ0n) is 13.7. The van der Waals surface area contributed by atoms with E-state index in [0.717, 1.165) is 22.6 Å². The first-order chi connectivity index (χ1) is 12.2. The van der Waals surface area contributed by atoms with Crippen LogP contribution >= 0.6 is 22.9 Å². The maximum absolute atomic E-state index is 6.09. The predicted molar refractivity (Wildman–Crippen MR) is 103 cm³/mol. The summed E-state index contributed by atoms with van der Waals surface area (Å²) in [5, 5.41) is 7.45. The van der Waals surface area contributed by atoms with Crippen molar-refractivity contribution in [1.29, 1.82) is 0 Å². The fraction of sp³-hybridized carbons (Fsp3) is 0.111. The SMILES string of the molecule is COc1ccc(-c2csc(N/N=C\c3ccccc3Cl)n2)c(OC)c1. The zero-order valence-corrected chi connectivity index (χ0v) is 15.3. The third-order valence-electron chi connectivity index (χ3n) is 3.46. The molecular weight excluding hydrogens is 358 g/mol. The van der Waals surface area contributed by atoms with Crippen molar-refractivity contribution in [2.75, 3.05) is 19.6 Å². The molecule has 0 aliphatic heterocycles. The molecule has 3 rings (SSSR count). The Bertz CT molecular complexity index is 896. The molecule has 0 aliphatic carbocycles. The Kier molecular flexibility index (Phi) is 5.53. The van der Waals surface area contributed by atoms with E-state index in [-0.39, 0.29) is 0 Å². The molecule has 3 aromatic rings. The van der Waals surface area contributed by atoms with Crippen LogP contribution in [-0.2, 0) is 0 Å². The molecule has 0 aliphatic rings. The minimum Gasteiger partial charge on any atom is -0.497 e. The summed E-state index contributed by atoms with van der Waals surface area (Å²) in [6, 6.07) is 13.1. The molecule has 0 saturated heterocycles. The molecule has 0 unspecified atom stereocenters. The van der Waals surface area contributed by atoms with Crippen molar-refractivity contribution in [3.05, 3.63) is 58.4 Å². The minimum absolute atomic E-state index is 0.649. The highest BCUT2D eigenvalue weighted by atomic mass is 35.5. The van der Waals surface area contributed by atoms with Gasteiger partial charge in [-0.25, -0.2) is 4.98 Å². The Morgan fingerprint density at radius 2 is 2.00 bits per heavy atom. The van der Waals surface area contributed by atoms with E-state index in [9.17, 15) is 0 Å². The Morgan fingerprint density at radius 3 is 2.76 bits per heavy atom. The van der Waals surface area contributed by atoms with Gasteiger partial charge in [0.05, 0.1) is 26.1 Å². The Hall–Kier alpha value is -2.57. The molecule has 0 saturated carbocycles. The smallest absolute Gasteiger partial charge is 0.203 e. The number of aromatic nitrogens is 1. The molecule has 5 nitrogen and oxygen atoms in total. The molecule has 0 radical (unpaired) electrons. The van der Waals surface area contributed by atoms with Crippen molar-refractivity contribution in [3.63, 3.8) is 0 Å². The van der Waals surface area contributed by atoms with Crippen molar-refractivity contribution >= 4 is 34.3 Å². The van der Waals surface area contributed by atoms with E-state index < -0.39 is 0 Å². The highest BCUT2D eigenvalue weighted by Crippen LogP contribution is 2.34. The van der Waals surface area contributed by atoms with Gasteiger partial charge in [-0.2, -0.15) is 5.10 Å². The van der Waals surface area contributed by atoms with E-state index in [1.165, 1.54) is 11.3 Å². The maximum atomic E-state index is 6.09. The number of benzene rings is 2. The third-order valence-corrected chi connectivity index (χ3v) is 4.55. The van der Waals surface area contributed by atoms with Crippen LogP contribution in [0, 0.1) is 0 Å². The third kappa shape index (κ3) is 4.10. The fourth-order valence-corrected chi connectivity index (χ4v) is 3.04. The first-order valence-electron chi connectivity index (χ1n) is 7.43. The van der Waals surface area contributed by atoms with E-state index in [0.29, 0.717) is 15.9 Å². The second kappa shape index (κ2) is 8.00. The largest absolute Gasteiger partial charge is 0.497 e. The van der Waals surface area contributed by atoms with E-state index in [1.807, 2.05) is 47.8 Å². The van der Waals surface area contributed by atoms with Crippen LogP contribution in [0.5, 0.6) is 11.5 Å². The number of ether oxygens (including phenoxy) is 2. The monoisotopic (exact) mass is 373 g/mol. The van der Waals surface area contributed by atoms with Gasteiger partial charge in [-0.3, -0.25) is 5.43 Å². The van der Waals surface area contributed by atoms with Crippen molar-refractivity contribution in [2.45, 2.75) is 0 Å². The van der Waals surface area contributed by atoms with Gasteiger partial charge < -0.3 is 9.47 Å². The standard InChI is InChI=1S/C18H16ClN3O2S/c1-23-13-7-8-14(17(9-13)24-2)16-11-25-18(21-16)22-20-10-12-5-3-4-6-15(12)19/h3-11H,1-2H3,(H,21,22)/b20-10-. The fourth-order valence-electron chi connectivity index (χ4n) is 2.20. The first-order valence-corrected chi connectivity index (χ1v) is 8.68. The van der Waals surface area contributed by atoms with Gasteiger partial charge in [0.25, 0.3) is 0 Å². The summed E-state index contributed by atoms with van der Waals surface area (Å²) in [6.07, 6.45) is 1.66. The number of anilines is 1. The highest BCUT2D eigenvalue weighted by molar-refractivity contribution is 7.14. The van der Waals surface area contributed by atoms with Gasteiger partial charge in [0.15, 0.2) is 0 Å². The molecule has 1 heterocycles. The lowest BCUT2D eigenvalue weighted by Crippen LogP contribution is -1.92. The molecule has 1 aromatic heterocycles. The van der Waals surface area contributed by atoms with E-state index in [1.54, 1.807) is 20.4 Å². The molecule has 0 spiro atoms. The van der Waals surface area contributed by atoms with E-state index in [2.05, 4.69) is 15.5 Å². The Labute approximate surface area is 154 Å². The predicted octanol–water partition coefficient (Wildman–Crippen LogP) is 4.93. The van der Waals surface area contributed by atoms with Crippen LogP contribution in [0.4, 0.5) is 5.13 Å². The average Bonchev–Trinajstić information content (AvgIpc) is 3.11. The van der Waals surface area contributed by atoms with Gasteiger partial charge in [0, 0.05) is 27.6 Å². The van der Waals surface area contributed by atoms with Gasteiger partial charge in [0.1, 0.15) is 11.5 Å². The van der Waals surface area contributed by atoms with Gasteiger partial charge >= 0.3 is 0 Å². The number of rotatable bonds is 6. The number of methoxy groups -OCH3 is 2. The van der Waals surface area contributed by atoms with Gasteiger partial charge in [-0.05, 0) is 18.2 Å². The lowest BCUT2D eigenvalue weighted by atomic mass is 10.1. The Balaban J connectivity index is 1.76. The second-order valence-corrected chi connectivity index (χ2v) is 6.26. The Morgan fingerprint density at radius 1 is 1.16 bits per heavy atom. The number of nitrogens with one attached hydrogen (secondary N) is 1. The van der Waals surface area contributed by atoms with Gasteiger partial charge in [-0.1, -0.05) is 29.8 Å². The lowest BCUT2D eigenvalue weighted by Gasteiger charge is -2.08. The quantitative estimate of drug-likeness (QED) is 0.492. The van der Waals surface area contributed by atoms with Crippen molar-refractivity contribution in [1.82, 2.24) is 4.98 Å². The van der Waals surface area contributed by atoms with Crippen LogP contribution in [-0.4, -0.2) is 25.4 Å². The number of hydrogen-bond donors (Lipinski definition) is 1. The van der Waals surface area contributed by atoms with Crippen LogP contribution in [0.25, 0.3) is 11.3 Å². The molecule has 0 bridgehead atoms. The van der Waals surface area contributed by atoms with E-state index >= 15 is 0 Å². The summed E-state index contributed by atoms with van der Waals surface area (Å²) in [5.41, 5.74) is 5.46. The summed E-state index contributed by atoms with van der Waals surface area (Å²) < 4.78 is 10.6. The van der Waals surface area contributed by atoms with Crippen LogP contribution in [0.2, 0.25) is 5.02 Å². The maximum Gasteiger partial charge on any atom is 0.203 e. The molecule has 7 heteroatoms. The summed E-state index contributed by atoms with van der Waals surface area (Å²) >= 11 is 7.55. The van der Waals surface area contributed by atoms with Crippen molar-refractivity contribution in [3.8, 4) is 22.8 Å². The molecule has 25 heavy (non-hydrogen) atoms. The molecule has 128 valence electrons. The summed E-state index contributed by atoms with van der Waals surface area (Å²) in [6.45, 7) is 0. The summed E-state index contributed by atoms with van der Waals surface area (Å²) in [5.74, 6) is 1.44. The molecule has 1 N–H and O–H groups in total. The molecular formula is C18H16ClN3O2S. The topological polar surface area (TPSA) is 55.7 Å². The van der Waals surface area contributed by atoms with Crippen LogP contribution < -0.4 is 14.9 Å². The number of hydrogen-bond acceptors (Lipinski definition) is 6. The minimum atomic E-state index is 0.649. The van der Waals surface area contributed by atoms with E-state index in [4.69, 9.17) is 21.1 Å². The number of nitrogens with zero attached hydrogens (tertiary/aromatic N) is 2. The second-order valence-electron chi connectivity index (χ2n) is 5.00. The molecule has 0 amide bonds. The molecule has 2 aromatic carbocycles. The number of hydrazone groups is 1. The van der Waals surface area contributed by atoms with Crippen LogP contribution in [0.15, 0.2) is 52.9 Å². The van der Waals surface area contributed by atoms with Crippen LogP contribution in [0.1, 0.15) is 5.56 Å². The van der Waals surface area contributed by atoms with Crippen molar-refractivity contribution < 1.29 is 9.47 Å². The molecule has 0 atom stereocenters. The normalized spacial score (nSPS) is 10.8. The summed E-state index contributed by atoms with van der Waals surface area (Å²) in [4.78, 5) is 4.54. The molecule has 0 fully saturated rings. The number of thiazole rings is 1. The van der Waals surface area contributed by atoms with Crippen LogP contribution in [0.3, 0.4) is 0 Å². The lowest BCUT2D eigenvalue weighted by molar-refractivity contribution is 0.395. The van der Waals surface area contributed by atoms with Gasteiger partial charge in [-0.15, -0.1) is 11.3 Å². The first kappa shape index (κ1) is 17.3. The zero-order chi connectivity index (χ0) is 17.6. The number of halogens is 1. The van der Waals surface area contributed by atoms with Crippen molar-refractivity contribution in [2.24, 2.45) is 5.10 Å².